The number of nitrogens with two attached hydrogens (primary N) is 1. The molecule has 11 nitrogen and oxygen atoms in total. The summed E-state index contributed by atoms with van der Waals surface area (Å²) in [5.74, 6) is -3.94. The largest absolute Gasteiger partial charge is 0.475 e. The van der Waals surface area contributed by atoms with Gasteiger partial charge in [-0.25, -0.2) is 9.59 Å². The summed E-state index contributed by atoms with van der Waals surface area (Å²) < 4.78 is 34.9. The Labute approximate surface area is 199 Å². The van der Waals surface area contributed by atoms with E-state index in [4.69, 9.17) is 24.8 Å². The number of amidine groups is 1. The smallest absolute Gasteiger partial charge is 0.371 e. The maximum Gasteiger partial charge on any atom is 0.371 e. The Hall–Kier alpha value is -4.19. The van der Waals surface area contributed by atoms with E-state index in [1.807, 2.05) is 0 Å². The van der Waals surface area contributed by atoms with Crippen molar-refractivity contribution < 1.29 is 36.5 Å². The van der Waals surface area contributed by atoms with Gasteiger partial charge in [0.15, 0.2) is 0 Å². The quantitative estimate of drug-likeness (QED) is 0.147. The number of carboxylic acid groups (broad SMARTS) is 1. The minimum Gasteiger partial charge on any atom is -0.475 e. The van der Waals surface area contributed by atoms with Crippen LogP contribution in [0.5, 0.6) is 0 Å². The van der Waals surface area contributed by atoms with E-state index in [-0.39, 0.29) is 36.7 Å². The van der Waals surface area contributed by atoms with Gasteiger partial charge in [0.25, 0.3) is 0 Å². The molecule has 0 radical (unpaired) electrons. The predicted molar refractivity (Wildman–Crippen MR) is 123 cm³/mol. The molecule has 1 amide bonds. The van der Waals surface area contributed by atoms with Gasteiger partial charge in [-0.15, -0.1) is 0 Å². The van der Waals surface area contributed by atoms with Crippen LogP contribution in [0.15, 0.2) is 52.9 Å². The maximum atomic E-state index is 12.6. The zero-order chi connectivity index (χ0) is 25.4. The Kier molecular flexibility index (Phi) is 6.07. The second-order valence-electron chi connectivity index (χ2n) is 8.22. The van der Waals surface area contributed by atoms with Crippen molar-refractivity contribution in [2.24, 2.45) is 11.1 Å². The van der Waals surface area contributed by atoms with Crippen LogP contribution in [0, 0.1) is 10.8 Å². The Morgan fingerprint density at radius 2 is 1.77 bits per heavy atom. The van der Waals surface area contributed by atoms with E-state index in [0.29, 0.717) is 11.1 Å². The number of nitrogens with one attached hydrogen (secondary N) is 2. The monoisotopic (exact) mass is 499 g/mol. The lowest BCUT2D eigenvalue weighted by molar-refractivity contribution is -0.146. The molecule has 1 aliphatic rings. The van der Waals surface area contributed by atoms with Crippen molar-refractivity contribution >= 4 is 44.6 Å². The first-order valence-electron chi connectivity index (χ1n) is 10.4. The summed E-state index contributed by atoms with van der Waals surface area (Å²) in [7, 11) is -4.34. The first kappa shape index (κ1) is 24.0. The van der Waals surface area contributed by atoms with Gasteiger partial charge in [-0.3, -0.25) is 10.2 Å². The van der Waals surface area contributed by atoms with Crippen molar-refractivity contribution in [3.63, 3.8) is 0 Å². The highest BCUT2D eigenvalue weighted by molar-refractivity contribution is 7.86. The number of carbonyl (C=O) groups excluding carboxylic acids is 2. The van der Waals surface area contributed by atoms with E-state index >= 15 is 0 Å². The molecule has 4 rings (SSSR count). The van der Waals surface area contributed by atoms with Gasteiger partial charge < -0.3 is 24.8 Å². The molecule has 0 unspecified atom stereocenters. The van der Waals surface area contributed by atoms with Gasteiger partial charge in [-0.2, -0.15) is 8.42 Å². The summed E-state index contributed by atoms with van der Waals surface area (Å²) >= 11 is 0. The lowest BCUT2D eigenvalue weighted by Gasteiger charge is -2.14. The molecule has 1 aromatic heterocycles. The molecule has 0 atom stereocenters. The third kappa shape index (κ3) is 5.17. The van der Waals surface area contributed by atoms with E-state index in [1.54, 1.807) is 36.4 Å². The lowest BCUT2D eigenvalue weighted by atomic mass is 10.0. The van der Waals surface area contributed by atoms with E-state index in [0.717, 1.165) is 10.8 Å². The minimum atomic E-state index is -4.34. The third-order valence-electron chi connectivity index (χ3n) is 5.63. The summed E-state index contributed by atoms with van der Waals surface area (Å²) in [6, 6.07) is 12.5. The van der Waals surface area contributed by atoms with Crippen molar-refractivity contribution in [1.29, 1.82) is 5.41 Å². The molecule has 0 saturated heterocycles. The topological polar surface area (TPSA) is 190 Å². The van der Waals surface area contributed by atoms with E-state index in [2.05, 4.69) is 5.32 Å². The Morgan fingerprint density at radius 1 is 1.09 bits per heavy atom. The molecule has 2 aromatic carbocycles. The number of rotatable bonds is 9. The predicted octanol–water partition coefficient (Wildman–Crippen LogP) is 1.88. The summed E-state index contributed by atoms with van der Waals surface area (Å²) in [6.07, 6.45) is 0.250. The van der Waals surface area contributed by atoms with Crippen molar-refractivity contribution in [1.82, 2.24) is 5.32 Å². The third-order valence-corrected chi connectivity index (χ3v) is 6.72. The van der Waals surface area contributed by atoms with Crippen LogP contribution in [0.2, 0.25) is 0 Å². The zero-order valence-corrected chi connectivity index (χ0v) is 19.1. The Morgan fingerprint density at radius 3 is 2.40 bits per heavy atom. The van der Waals surface area contributed by atoms with E-state index in [9.17, 15) is 22.8 Å². The van der Waals surface area contributed by atoms with Gasteiger partial charge in [0, 0.05) is 5.56 Å². The van der Waals surface area contributed by atoms with Crippen LogP contribution in [0.25, 0.3) is 10.8 Å². The average Bonchev–Trinajstić information content (AvgIpc) is 3.47. The van der Waals surface area contributed by atoms with Crippen molar-refractivity contribution in [2.75, 3.05) is 0 Å². The molecule has 0 bridgehead atoms. The molecule has 35 heavy (non-hydrogen) atoms. The van der Waals surface area contributed by atoms with Gasteiger partial charge in [0.2, 0.25) is 11.7 Å². The molecule has 0 aliphatic heterocycles. The van der Waals surface area contributed by atoms with Crippen LogP contribution < -0.4 is 11.1 Å². The Balaban J connectivity index is 1.39. The van der Waals surface area contributed by atoms with Gasteiger partial charge in [0.1, 0.15) is 22.8 Å². The van der Waals surface area contributed by atoms with Crippen LogP contribution in [0.4, 0.5) is 0 Å². The summed E-state index contributed by atoms with van der Waals surface area (Å²) in [5, 5.41) is 20.3. The van der Waals surface area contributed by atoms with Gasteiger partial charge in [-0.05, 0) is 47.4 Å². The lowest BCUT2D eigenvalue weighted by Crippen LogP contribution is -2.38. The molecule has 1 saturated carbocycles. The zero-order valence-electron chi connectivity index (χ0n) is 18.2. The molecule has 0 spiro atoms. The number of carboxylic acids is 1. The number of carbonyl (C=O) groups is 3. The number of aromatic carboxylic acids is 1. The SMILES string of the molecule is N=C(N)c1ccc2cc(CS(=O)(=O)OC(=O)C3(C(=O)NCc4ccc(C(=O)O)o4)CC3)ccc2c1. The molecule has 1 fully saturated rings. The van der Waals surface area contributed by atoms with Crippen molar-refractivity contribution in [3.8, 4) is 0 Å². The second-order valence-corrected chi connectivity index (χ2v) is 9.79. The first-order valence-corrected chi connectivity index (χ1v) is 12.0. The normalized spacial score (nSPS) is 14.3. The minimum absolute atomic E-state index is 0.0855. The Bertz CT molecular complexity index is 1470. The number of nitrogen functional groups attached to an aromatic ring is 1. The maximum absolute atomic E-state index is 12.6. The number of hydrogen-bond acceptors (Lipinski definition) is 8. The van der Waals surface area contributed by atoms with E-state index in [1.165, 1.54) is 12.1 Å². The first-order chi connectivity index (χ1) is 16.5. The van der Waals surface area contributed by atoms with Crippen LogP contribution in [0.3, 0.4) is 0 Å². The highest BCUT2D eigenvalue weighted by Gasteiger charge is 2.59. The van der Waals surface area contributed by atoms with Gasteiger partial charge >= 0.3 is 22.1 Å². The van der Waals surface area contributed by atoms with Crippen molar-refractivity contribution in [2.45, 2.75) is 25.1 Å². The van der Waals surface area contributed by atoms with Crippen molar-refractivity contribution in [3.05, 3.63) is 71.2 Å². The van der Waals surface area contributed by atoms with Crippen LogP contribution in [-0.2, 0) is 36.2 Å². The summed E-state index contributed by atoms with van der Waals surface area (Å²) in [4.78, 5) is 36.0. The van der Waals surface area contributed by atoms with Gasteiger partial charge in [-0.1, -0.05) is 30.3 Å². The summed E-state index contributed by atoms with van der Waals surface area (Å²) in [6.45, 7) is -0.170. The fourth-order valence-electron chi connectivity index (χ4n) is 3.55. The fraction of sp³-hybridized carbons (Fsp3) is 0.217. The molecule has 1 heterocycles. The van der Waals surface area contributed by atoms with E-state index < -0.39 is 39.1 Å². The van der Waals surface area contributed by atoms with Crippen LogP contribution in [0.1, 0.15) is 40.3 Å². The highest BCUT2D eigenvalue weighted by atomic mass is 32.2. The number of amides is 1. The number of fused-ring (bicyclic) bond motifs is 1. The molecule has 182 valence electrons. The molecular weight excluding hydrogens is 478 g/mol. The second kappa shape index (κ2) is 8.87. The van der Waals surface area contributed by atoms with Crippen LogP contribution >= 0.6 is 0 Å². The standard InChI is InChI=1S/C23H21N3O8S/c24-19(25)16-4-3-14-9-13(1-2-15(14)10-16)12-35(31,32)34-22(30)23(7-8-23)21(29)26-11-17-5-6-18(33-17)20(27)28/h1-6,9-10H,7-8,11-12H2,(H3,24,25)(H,26,29)(H,27,28). The number of furan rings is 1. The molecule has 3 aromatic rings. The van der Waals surface area contributed by atoms with Gasteiger partial charge in [0.05, 0.1) is 6.54 Å². The molecular formula is C23H21N3O8S. The average molecular weight is 500 g/mol. The highest BCUT2D eigenvalue weighted by Crippen LogP contribution is 2.47. The fourth-order valence-corrected chi connectivity index (χ4v) is 4.59. The summed E-state index contributed by atoms with van der Waals surface area (Å²) in [5.41, 5.74) is 4.79. The molecule has 5 N–H and O–H groups in total. The number of benzene rings is 2. The van der Waals surface area contributed by atoms with Crippen LogP contribution in [-0.4, -0.2) is 37.2 Å². The number of hydrogen-bond donors (Lipinski definition) is 4. The molecule has 1 aliphatic carbocycles. The molecule has 12 heteroatoms.